The van der Waals surface area contributed by atoms with Gasteiger partial charge in [0.05, 0.1) is 35.1 Å². The highest BCUT2D eigenvalue weighted by Crippen LogP contribution is 2.37. The molecular formula is C22H15BrClF3N4O3. The molecule has 1 N–H and O–H groups in total. The molecule has 0 aliphatic rings. The first-order valence-electron chi connectivity index (χ1n) is 9.58. The van der Waals surface area contributed by atoms with Gasteiger partial charge in [0, 0.05) is 17.7 Å². The van der Waals surface area contributed by atoms with Gasteiger partial charge in [-0.1, -0.05) is 41.9 Å². The number of carbonyl (C=O) groups is 1. The molecule has 4 rings (SSSR count). The molecule has 0 atom stereocenters. The highest BCUT2D eigenvalue weighted by Gasteiger charge is 2.36. The van der Waals surface area contributed by atoms with Crippen molar-refractivity contribution in [2.75, 3.05) is 19.5 Å². The zero-order valence-corrected chi connectivity index (χ0v) is 19.9. The van der Waals surface area contributed by atoms with Gasteiger partial charge < -0.3 is 14.8 Å². The van der Waals surface area contributed by atoms with E-state index in [1.54, 1.807) is 30.3 Å². The van der Waals surface area contributed by atoms with Crippen LogP contribution in [0.3, 0.4) is 0 Å². The van der Waals surface area contributed by atoms with Crippen LogP contribution in [0.1, 0.15) is 16.2 Å². The van der Waals surface area contributed by atoms with Crippen molar-refractivity contribution < 1.29 is 27.4 Å². The Balaban J connectivity index is 1.83. The van der Waals surface area contributed by atoms with Gasteiger partial charge in [-0.3, -0.25) is 4.79 Å². The minimum absolute atomic E-state index is 0.00632. The summed E-state index contributed by atoms with van der Waals surface area (Å²) in [5.74, 6) is -0.311. The minimum atomic E-state index is -4.75. The lowest BCUT2D eigenvalue weighted by Crippen LogP contribution is -2.16. The maximum Gasteiger partial charge on any atom is 0.433 e. The van der Waals surface area contributed by atoms with Crippen LogP contribution in [-0.2, 0) is 6.18 Å². The highest BCUT2D eigenvalue weighted by molar-refractivity contribution is 9.10. The Labute approximate surface area is 204 Å². The maximum absolute atomic E-state index is 13.9. The molecule has 2 aromatic heterocycles. The Morgan fingerprint density at radius 2 is 1.76 bits per heavy atom. The molecule has 34 heavy (non-hydrogen) atoms. The van der Waals surface area contributed by atoms with Gasteiger partial charge in [-0.2, -0.15) is 18.3 Å². The third-order valence-corrected chi connectivity index (χ3v) is 5.86. The Kier molecular flexibility index (Phi) is 6.41. The molecule has 2 aromatic carbocycles. The van der Waals surface area contributed by atoms with Crippen molar-refractivity contribution in [3.8, 4) is 22.8 Å². The summed E-state index contributed by atoms with van der Waals surface area (Å²) < 4.78 is 52.6. The number of amides is 1. The molecule has 176 valence electrons. The normalized spacial score (nSPS) is 11.5. The third kappa shape index (κ3) is 4.40. The van der Waals surface area contributed by atoms with E-state index in [1.165, 1.54) is 26.4 Å². The second-order valence-corrected chi connectivity index (χ2v) is 8.13. The molecule has 0 aliphatic carbocycles. The first-order valence-corrected chi connectivity index (χ1v) is 10.8. The molecule has 0 radical (unpaired) electrons. The molecule has 0 fully saturated rings. The van der Waals surface area contributed by atoms with Crippen molar-refractivity contribution in [2.45, 2.75) is 6.18 Å². The smallest absolute Gasteiger partial charge is 0.433 e. The summed E-state index contributed by atoms with van der Waals surface area (Å²) in [5.41, 5.74) is -0.808. The Morgan fingerprint density at radius 3 is 2.38 bits per heavy atom. The van der Waals surface area contributed by atoms with Gasteiger partial charge in [-0.15, -0.1) is 0 Å². The van der Waals surface area contributed by atoms with Crippen LogP contribution >= 0.6 is 27.5 Å². The summed E-state index contributed by atoms with van der Waals surface area (Å²) in [4.78, 5) is 17.3. The number of nitrogens with zero attached hydrogens (tertiary/aromatic N) is 3. The molecule has 7 nitrogen and oxygen atoms in total. The standard InChI is InChI=1S/C22H15BrClF3N4O3/c1-33-15-9-14(16(34-2)8-12(15)24)29-21(32)19-18(23)20-28-13(11-6-4-3-5-7-11)10-17(22(25,26)27)31(20)30-19/h3-10H,1-2H3,(H,29,32). The largest absolute Gasteiger partial charge is 0.495 e. The number of ether oxygens (including phenoxy) is 2. The number of hydrogen-bond donors (Lipinski definition) is 1. The maximum atomic E-state index is 13.9. The number of hydrogen-bond acceptors (Lipinski definition) is 5. The zero-order valence-electron chi connectivity index (χ0n) is 17.6. The van der Waals surface area contributed by atoms with Gasteiger partial charge in [0.2, 0.25) is 0 Å². The number of benzene rings is 2. The fourth-order valence-corrected chi connectivity index (χ4v) is 3.98. The first-order chi connectivity index (χ1) is 16.1. The molecule has 1 amide bonds. The third-order valence-electron chi connectivity index (χ3n) is 4.83. The van der Waals surface area contributed by atoms with E-state index < -0.39 is 17.8 Å². The molecule has 0 bridgehead atoms. The van der Waals surface area contributed by atoms with E-state index in [2.05, 4.69) is 31.3 Å². The molecule has 0 unspecified atom stereocenters. The van der Waals surface area contributed by atoms with E-state index in [0.29, 0.717) is 10.1 Å². The van der Waals surface area contributed by atoms with E-state index in [-0.39, 0.29) is 43.7 Å². The van der Waals surface area contributed by atoms with Gasteiger partial charge in [0.15, 0.2) is 17.0 Å². The summed E-state index contributed by atoms with van der Waals surface area (Å²) in [6.07, 6.45) is -4.75. The van der Waals surface area contributed by atoms with Crippen molar-refractivity contribution in [1.29, 1.82) is 0 Å². The lowest BCUT2D eigenvalue weighted by molar-refractivity contribution is -0.142. The van der Waals surface area contributed by atoms with E-state index >= 15 is 0 Å². The summed E-state index contributed by atoms with van der Waals surface area (Å²) in [5, 5.41) is 6.72. The van der Waals surface area contributed by atoms with Crippen LogP contribution in [0.2, 0.25) is 5.02 Å². The Bertz CT molecular complexity index is 1390. The number of anilines is 1. The lowest BCUT2D eigenvalue weighted by atomic mass is 10.1. The molecule has 0 spiro atoms. The van der Waals surface area contributed by atoms with E-state index in [9.17, 15) is 18.0 Å². The van der Waals surface area contributed by atoms with E-state index in [1.807, 2.05) is 0 Å². The highest BCUT2D eigenvalue weighted by atomic mass is 79.9. The van der Waals surface area contributed by atoms with E-state index in [4.69, 9.17) is 21.1 Å². The summed E-state index contributed by atoms with van der Waals surface area (Å²) in [6, 6.07) is 12.1. The van der Waals surface area contributed by atoms with Gasteiger partial charge in [0.25, 0.3) is 5.91 Å². The Morgan fingerprint density at radius 1 is 1.09 bits per heavy atom. The molecule has 12 heteroatoms. The lowest BCUT2D eigenvalue weighted by Gasteiger charge is -2.12. The van der Waals surface area contributed by atoms with Crippen LogP contribution in [0.25, 0.3) is 16.9 Å². The number of alkyl halides is 3. The van der Waals surface area contributed by atoms with Crippen LogP contribution in [0, 0.1) is 0 Å². The van der Waals surface area contributed by atoms with Crippen LogP contribution in [0.4, 0.5) is 18.9 Å². The second kappa shape index (κ2) is 9.15. The topological polar surface area (TPSA) is 77.8 Å². The van der Waals surface area contributed by atoms with Crippen LogP contribution in [-0.4, -0.2) is 34.7 Å². The summed E-state index contributed by atoms with van der Waals surface area (Å²) in [6.45, 7) is 0. The molecule has 4 aromatic rings. The molecule has 0 saturated heterocycles. The van der Waals surface area contributed by atoms with Gasteiger partial charge >= 0.3 is 6.18 Å². The predicted octanol–water partition coefficient (Wildman–Crippen LogP) is 6.10. The number of carbonyl (C=O) groups excluding carboxylic acids is 1. The summed E-state index contributed by atoms with van der Waals surface area (Å²) >= 11 is 9.28. The summed E-state index contributed by atoms with van der Waals surface area (Å²) in [7, 11) is 2.77. The minimum Gasteiger partial charge on any atom is -0.495 e. The van der Waals surface area contributed by atoms with E-state index in [0.717, 1.165) is 6.07 Å². The average molecular weight is 556 g/mol. The van der Waals surface area contributed by atoms with Crippen LogP contribution in [0.5, 0.6) is 11.5 Å². The molecule has 0 saturated carbocycles. The molecule has 0 aliphatic heterocycles. The zero-order chi connectivity index (χ0) is 24.6. The van der Waals surface area contributed by atoms with Gasteiger partial charge in [0.1, 0.15) is 11.5 Å². The average Bonchev–Trinajstić information content (AvgIpc) is 3.15. The van der Waals surface area contributed by atoms with Crippen LogP contribution < -0.4 is 14.8 Å². The first kappa shape index (κ1) is 23.8. The number of aromatic nitrogens is 3. The fraction of sp³-hybridized carbons (Fsp3) is 0.136. The Hall–Kier alpha value is -3.31. The van der Waals surface area contributed by atoms with Crippen molar-refractivity contribution in [3.05, 3.63) is 69.4 Å². The number of nitrogens with one attached hydrogen (secondary N) is 1. The second-order valence-electron chi connectivity index (χ2n) is 6.93. The van der Waals surface area contributed by atoms with Crippen molar-refractivity contribution in [2.24, 2.45) is 0 Å². The monoisotopic (exact) mass is 554 g/mol. The van der Waals surface area contributed by atoms with Gasteiger partial charge in [-0.25, -0.2) is 9.50 Å². The van der Waals surface area contributed by atoms with Crippen molar-refractivity contribution in [1.82, 2.24) is 14.6 Å². The predicted molar refractivity (Wildman–Crippen MR) is 124 cm³/mol. The van der Waals surface area contributed by atoms with Gasteiger partial charge in [-0.05, 0) is 22.0 Å². The molecular weight excluding hydrogens is 541 g/mol. The SMILES string of the molecule is COc1cc(NC(=O)c2nn3c(C(F)(F)F)cc(-c4ccccc4)nc3c2Br)c(OC)cc1Cl. The van der Waals surface area contributed by atoms with Crippen molar-refractivity contribution in [3.63, 3.8) is 0 Å². The van der Waals surface area contributed by atoms with Crippen molar-refractivity contribution >= 4 is 44.8 Å². The number of fused-ring (bicyclic) bond motifs is 1. The quantitative estimate of drug-likeness (QED) is 0.322. The number of methoxy groups -OCH3 is 2. The molecule has 2 heterocycles. The number of rotatable bonds is 5. The fourth-order valence-electron chi connectivity index (χ4n) is 3.24. The number of halogens is 5. The van der Waals surface area contributed by atoms with Crippen LogP contribution in [0.15, 0.2) is 53.0 Å².